The van der Waals surface area contributed by atoms with Gasteiger partial charge < -0.3 is 10.8 Å². The van der Waals surface area contributed by atoms with E-state index in [2.05, 4.69) is 5.10 Å². The molecule has 15 heavy (non-hydrogen) atoms. The third-order valence-corrected chi connectivity index (χ3v) is 2.47. The second-order valence-corrected chi connectivity index (χ2v) is 3.93. The molecule has 4 heteroatoms. The molecule has 0 amide bonds. The Labute approximate surface area is 88.3 Å². The molecule has 0 radical (unpaired) electrons. The van der Waals surface area contributed by atoms with Gasteiger partial charge in [0.25, 0.3) is 0 Å². The number of hydrogen-bond acceptors (Lipinski definition) is 3. The van der Waals surface area contributed by atoms with Crippen molar-refractivity contribution in [2.45, 2.75) is 13.5 Å². The van der Waals surface area contributed by atoms with Crippen molar-refractivity contribution in [1.29, 1.82) is 0 Å². The summed E-state index contributed by atoms with van der Waals surface area (Å²) in [6, 6.07) is 5.73. The van der Waals surface area contributed by atoms with Crippen LogP contribution >= 0.6 is 0 Å². The zero-order valence-electron chi connectivity index (χ0n) is 8.72. The van der Waals surface area contributed by atoms with E-state index in [1.165, 1.54) is 0 Å². The maximum absolute atomic E-state index is 8.99. The van der Waals surface area contributed by atoms with Crippen molar-refractivity contribution < 1.29 is 5.11 Å². The molecule has 1 aromatic heterocycles. The summed E-state index contributed by atoms with van der Waals surface area (Å²) < 4.78 is 1.88. The number of aliphatic hydroxyl groups excluding tert-OH is 1. The normalized spacial score (nSPS) is 13.2. The van der Waals surface area contributed by atoms with Crippen LogP contribution in [0.4, 0.5) is 5.69 Å². The van der Waals surface area contributed by atoms with E-state index in [1.54, 1.807) is 0 Å². The van der Waals surface area contributed by atoms with E-state index in [-0.39, 0.29) is 12.5 Å². The number of nitrogens with zero attached hydrogens (tertiary/aromatic N) is 2. The maximum atomic E-state index is 8.99. The third-order valence-electron chi connectivity index (χ3n) is 2.47. The van der Waals surface area contributed by atoms with Crippen LogP contribution in [-0.4, -0.2) is 21.5 Å². The molecule has 3 N–H and O–H groups in total. The molecule has 0 fully saturated rings. The Hall–Kier alpha value is -1.55. The number of anilines is 1. The van der Waals surface area contributed by atoms with Gasteiger partial charge in [-0.2, -0.15) is 5.10 Å². The first-order valence-corrected chi connectivity index (χ1v) is 5.02. The summed E-state index contributed by atoms with van der Waals surface area (Å²) in [6.07, 6.45) is 1.82. The predicted octanol–water partition coefficient (Wildman–Crippen LogP) is 1.25. The van der Waals surface area contributed by atoms with E-state index < -0.39 is 0 Å². The molecule has 0 aliphatic carbocycles. The standard InChI is InChI=1S/C11H15N3O/c1-8(7-15)6-14-11-4-10(12)3-2-9(11)5-13-14/h2-5,8,15H,6-7,12H2,1H3. The number of benzene rings is 1. The number of aliphatic hydroxyl groups is 1. The zero-order chi connectivity index (χ0) is 10.8. The first kappa shape index (κ1) is 9.98. The van der Waals surface area contributed by atoms with Crippen molar-refractivity contribution >= 4 is 16.6 Å². The molecule has 1 aromatic carbocycles. The van der Waals surface area contributed by atoms with Gasteiger partial charge in [0.1, 0.15) is 0 Å². The average molecular weight is 205 g/mol. The largest absolute Gasteiger partial charge is 0.399 e. The summed E-state index contributed by atoms with van der Waals surface area (Å²) >= 11 is 0. The van der Waals surface area contributed by atoms with Crippen molar-refractivity contribution in [3.05, 3.63) is 24.4 Å². The van der Waals surface area contributed by atoms with Crippen LogP contribution in [0.3, 0.4) is 0 Å². The molecule has 1 unspecified atom stereocenters. The van der Waals surface area contributed by atoms with Gasteiger partial charge in [-0.05, 0) is 24.1 Å². The van der Waals surface area contributed by atoms with E-state index in [1.807, 2.05) is 36.0 Å². The van der Waals surface area contributed by atoms with Gasteiger partial charge in [0.2, 0.25) is 0 Å². The Morgan fingerprint density at radius 3 is 3.07 bits per heavy atom. The highest BCUT2D eigenvalue weighted by Crippen LogP contribution is 2.17. The minimum Gasteiger partial charge on any atom is -0.399 e. The van der Waals surface area contributed by atoms with Gasteiger partial charge in [-0.15, -0.1) is 0 Å². The fourth-order valence-corrected chi connectivity index (χ4v) is 1.59. The van der Waals surface area contributed by atoms with Gasteiger partial charge >= 0.3 is 0 Å². The number of nitrogens with two attached hydrogens (primary N) is 1. The minimum absolute atomic E-state index is 0.170. The summed E-state index contributed by atoms with van der Waals surface area (Å²) in [7, 11) is 0. The lowest BCUT2D eigenvalue weighted by atomic mass is 10.2. The smallest absolute Gasteiger partial charge is 0.0703 e. The van der Waals surface area contributed by atoms with Gasteiger partial charge in [0.05, 0.1) is 11.7 Å². The molecule has 0 aliphatic heterocycles. The summed E-state index contributed by atoms with van der Waals surface area (Å²) in [4.78, 5) is 0. The van der Waals surface area contributed by atoms with Crippen LogP contribution in [0.5, 0.6) is 0 Å². The highest BCUT2D eigenvalue weighted by atomic mass is 16.3. The van der Waals surface area contributed by atoms with Gasteiger partial charge in [-0.25, -0.2) is 0 Å². The van der Waals surface area contributed by atoms with Crippen LogP contribution < -0.4 is 5.73 Å². The van der Waals surface area contributed by atoms with Crippen LogP contribution in [0.1, 0.15) is 6.92 Å². The van der Waals surface area contributed by atoms with E-state index in [0.29, 0.717) is 6.54 Å². The summed E-state index contributed by atoms with van der Waals surface area (Å²) in [5.74, 6) is 0.203. The van der Waals surface area contributed by atoms with Crippen LogP contribution in [0, 0.1) is 5.92 Å². The van der Waals surface area contributed by atoms with Crippen molar-refractivity contribution in [3.63, 3.8) is 0 Å². The fourth-order valence-electron chi connectivity index (χ4n) is 1.59. The van der Waals surface area contributed by atoms with Crippen molar-refractivity contribution in [1.82, 2.24) is 9.78 Å². The van der Waals surface area contributed by atoms with E-state index in [9.17, 15) is 0 Å². The van der Waals surface area contributed by atoms with Gasteiger partial charge in [0.15, 0.2) is 0 Å². The number of fused-ring (bicyclic) bond motifs is 1. The molecule has 0 saturated carbocycles. The first-order valence-electron chi connectivity index (χ1n) is 5.02. The van der Waals surface area contributed by atoms with Gasteiger partial charge in [-0.3, -0.25) is 4.68 Å². The molecule has 2 aromatic rings. The Bertz CT molecular complexity index is 464. The molecular formula is C11H15N3O. The monoisotopic (exact) mass is 205 g/mol. The number of hydrogen-bond donors (Lipinski definition) is 2. The number of aromatic nitrogens is 2. The Morgan fingerprint density at radius 1 is 1.53 bits per heavy atom. The lowest BCUT2D eigenvalue weighted by Crippen LogP contribution is -2.12. The van der Waals surface area contributed by atoms with Crippen molar-refractivity contribution in [2.24, 2.45) is 5.92 Å². The molecule has 0 saturated heterocycles. The molecule has 80 valence electrons. The van der Waals surface area contributed by atoms with E-state index in [0.717, 1.165) is 16.6 Å². The maximum Gasteiger partial charge on any atom is 0.0703 e. The number of rotatable bonds is 3. The van der Waals surface area contributed by atoms with E-state index in [4.69, 9.17) is 10.8 Å². The summed E-state index contributed by atoms with van der Waals surface area (Å²) in [5, 5.41) is 14.3. The highest BCUT2D eigenvalue weighted by Gasteiger charge is 2.06. The molecule has 4 nitrogen and oxygen atoms in total. The molecule has 1 atom stereocenters. The van der Waals surface area contributed by atoms with Crippen LogP contribution in [0.2, 0.25) is 0 Å². The zero-order valence-corrected chi connectivity index (χ0v) is 8.72. The van der Waals surface area contributed by atoms with Crippen LogP contribution in [-0.2, 0) is 6.54 Å². The quantitative estimate of drug-likeness (QED) is 0.741. The van der Waals surface area contributed by atoms with Gasteiger partial charge in [-0.1, -0.05) is 6.92 Å². The second-order valence-electron chi connectivity index (χ2n) is 3.93. The van der Waals surface area contributed by atoms with E-state index >= 15 is 0 Å². The van der Waals surface area contributed by atoms with Crippen molar-refractivity contribution in [2.75, 3.05) is 12.3 Å². The lowest BCUT2D eigenvalue weighted by molar-refractivity contribution is 0.220. The fraction of sp³-hybridized carbons (Fsp3) is 0.364. The van der Waals surface area contributed by atoms with Crippen molar-refractivity contribution in [3.8, 4) is 0 Å². The minimum atomic E-state index is 0.170. The summed E-state index contributed by atoms with van der Waals surface area (Å²) in [5.41, 5.74) is 7.49. The molecular weight excluding hydrogens is 190 g/mol. The Morgan fingerprint density at radius 2 is 2.33 bits per heavy atom. The van der Waals surface area contributed by atoms with Crippen LogP contribution in [0.25, 0.3) is 10.9 Å². The highest BCUT2D eigenvalue weighted by molar-refractivity contribution is 5.81. The predicted molar refractivity (Wildman–Crippen MR) is 60.4 cm³/mol. The Kier molecular flexibility index (Phi) is 2.60. The molecule has 0 aliphatic rings. The third kappa shape index (κ3) is 1.94. The lowest BCUT2D eigenvalue weighted by Gasteiger charge is -2.08. The first-order chi connectivity index (χ1) is 7.20. The number of nitrogen functional groups attached to an aromatic ring is 1. The molecule has 1 heterocycles. The molecule has 0 bridgehead atoms. The topological polar surface area (TPSA) is 64.1 Å². The average Bonchev–Trinajstić information content (AvgIpc) is 2.61. The van der Waals surface area contributed by atoms with Gasteiger partial charge in [0, 0.05) is 24.2 Å². The molecule has 2 rings (SSSR count). The SMILES string of the molecule is CC(CO)Cn1ncc2ccc(N)cc21. The summed E-state index contributed by atoms with van der Waals surface area (Å²) in [6.45, 7) is 2.87. The molecule has 0 spiro atoms. The second kappa shape index (κ2) is 3.90. The Balaban J connectivity index is 2.39. The van der Waals surface area contributed by atoms with Crippen LogP contribution in [0.15, 0.2) is 24.4 Å².